The molecule has 3 heteroatoms. The van der Waals surface area contributed by atoms with Gasteiger partial charge in [0.15, 0.2) is 0 Å². The molecule has 2 N–H and O–H groups in total. The van der Waals surface area contributed by atoms with Gasteiger partial charge >= 0.3 is 0 Å². The zero-order valence-electron chi connectivity index (χ0n) is 10.1. The first kappa shape index (κ1) is 12.7. The summed E-state index contributed by atoms with van der Waals surface area (Å²) < 4.78 is 5.65. The van der Waals surface area contributed by atoms with Crippen molar-refractivity contribution in [3.05, 3.63) is 29.3 Å². The summed E-state index contributed by atoms with van der Waals surface area (Å²) in [5.74, 6) is 1.66. The minimum atomic E-state index is 0.147. The molecule has 1 aliphatic carbocycles. The molecule has 1 atom stereocenters. The van der Waals surface area contributed by atoms with Crippen molar-refractivity contribution < 1.29 is 4.74 Å². The SMILES string of the molecule is NC(COc1ccc(Cl)cc1)CC1CCCC1. The average molecular weight is 254 g/mol. The minimum Gasteiger partial charge on any atom is -0.492 e. The van der Waals surface area contributed by atoms with Crippen LogP contribution < -0.4 is 10.5 Å². The van der Waals surface area contributed by atoms with Gasteiger partial charge in [-0.05, 0) is 36.6 Å². The van der Waals surface area contributed by atoms with Gasteiger partial charge in [-0.2, -0.15) is 0 Å². The van der Waals surface area contributed by atoms with E-state index in [4.69, 9.17) is 22.1 Å². The Balaban J connectivity index is 1.71. The number of nitrogens with two attached hydrogens (primary N) is 1. The zero-order chi connectivity index (χ0) is 12.1. The molecule has 1 aromatic rings. The average Bonchev–Trinajstić information content (AvgIpc) is 2.81. The van der Waals surface area contributed by atoms with Crippen molar-refractivity contribution in [3.8, 4) is 5.75 Å². The van der Waals surface area contributed by atoms with Crippen LogP contribution in [0.4, 0.5) is 0 Å². The molecule has 1 aromatic carbocycles. The Morgan fingerprint density at radius 3 is 2.53 bits per heavy atom. The van der Waals surface area contributed by atoms with Gasteiger partial charge in [-0.15, -0.1) is 0 Å². The number of hydrogen-bond acceptors (Lipinski definition) is 2. The van der Waals surface area contributed by atoms with E-state index in [1.54, 1.807) is 0 Å². The predicted molar refractivity (Wildman–Crippen MR) is 71.5 cm³/mol. The third-order valence-corrected chi connectivity index (χ3v) is 3.64. The summed E-state index contributed by atoms with van der Waals surface area (Å²) >= 11 is 5.81. The van der Waals surface area contributed by atoms with Crippen molar-refractivity contribution in [2.75, 3.05) is 6.61 Å². The molecule has 0 bridgehead atoms. The van der Waals surface area contributed by atoms with Gasteiger partial charge in [0.05, 0.1) is 0 Å². The van der Waals surface area contributed by atoms with Crippen molar-refractivity contribution in [1.82, 2.24) is 0 Å². The van der Waals surface area contributed by atoms with E-state index in [1.807, 2.05) is 24.3 Å². The van der Waals surface area contributed by atoms with E-state index in [9.17, 15) is 0 Å². The third kappa shape index (κ3) is 4.21. The van der Waals surface area contributed by atoms with E-state index >= 15 is 0 Å². The fourth-order valence-electron chi connectivity index (χ4n) is 2.48. The Morgan fingerprint density at radius 1 is 1.24 bits per heavy atom. The van der Waals surface area contributed by atoms with Crippen molar-refractivity contribution in [3.63, 3.8) is 0 Å². The maximum Gasteiger partial charge on any atom is 0.119 e. The maximum absolute atomic E-state index is 6.08. The summed E-state index contributed by atoms with van der Waals surface area (Å²) in [5, 5.41) is 0.729. The van der Waals surface area contributed by atoms with Crippen LogP contribution in [0.2, 0.25) is 5.02 Å². The summed E-state index contributed by atoms with van der Waals surface area (Å²) in [7, 11) is 0. The van der Waals surface area contributed by atoms with Gasteiger partial charge in [-0.3, -0.25) is 0 Å². The molecule has 0 aliphatic heterocycles. The monoisotopic (exact) mass is 253 g/mol. The lowest BCUT2D eigenvalue weighted by molar-refractivity contribution is 0.265. The molecule has 0 heterocycles. The number of rotatable bonds is 5. The van der Waals surface area contributed by atoms with E-state index in [0.29, 0.717) is 6.61 Å². The molecule has 1 saturated carbocycles. The second-order valence-corrected chi connectivity index (χ2v) is 5.35. The van der Waals surface area contributed by atoms with Gasteiger partial charge in [0.25, 0.3) is 0 Å². The zero-order valence-corrected chi connectivity index (χ0v) is 10.8. The van der Waals surface area contributed by atoms with Crippen LogP contribution in [-0.4, -0.2) is 12.6 Å². The Morgan fingerprint density at radius 2 is 1.88 bits per heavy atom. The molecule has 2 nitrogen and oxygen atoms in total. The summed E-state index contributed by atoms with van der Waals surface area (Å²) in [4.78, 5) is 0. The molecular formula is C14H20ClNO. The van der Waals surface area contributed by atoms with Gasteiger partial charge in [-0.1, -0.05) is 37.3 Å². The fraction of sp³-hybridized carbons (Fsp3) is 0.571. The third-order valence-electron chi connectivity index (χ3n) is 3.39. The maximum atomic E-state index is 6.08. The van der Waals surface area contributed by atoms with Gasteiger partial charge in [0, 0.05) is 11.1 Å². The van der Waals surface area contributed by atoms with Crippen LogP contribution in [0, 0.1) is 5.92 Å². The molecule has 17 heavy (non-hydrogen) atoms. The number of ether oxygens (including phenoxy) is 1. The second-order valence-electron chi connectivity index (χ2n) is 4.91. The number of halogens is 1. The predicted octanol–water partition coefficient (Wildman–Crippen LogP) is 3.63. The first-order valence-electron chi connectivity index (χ1n) is 6.38. The Labute approximate surface area is 108 Å². The first-order chi connectivity index (χ1) is 8.24. The van der Waals surface area contributed by atoms with Gasteiger partial charge in [0.2, 0.25) is 0 Å². The molecular weight excluding hydrogens is 234 g/mol. The highest BCUT2D eigenvalue weighted by molar-refractivity contribution is 6.30. The first-order valence-corrected chi connectivity index (χ1v) is 6.76. The Hall–Kier alpha value is -0.730. The van der Waals surface area contributed by atoms with Crippen molar-refractivity contribution in [1.29, 1.82) is 0 Å². The normalized spacial score (nSPS) is 18.2. The van der Waals surface area contributed by atoms with Gasteiger partial charge < -0.3 is 10.5 Å². The van der Waals surface area contributed by atoms with Crippen LogP contribution >= 0.6 is 11.6 Å². The lowest BCUT2D eigenvalue weighted by atomic mass is 9.99. The lowest BCUT2D eigenvalue weighted by Crippen LogP contribution is -2.29. The van der Waals surface area contributed by atoms with Crippen LogP contribution in [0.3, 0.4) is 0 Å². The smallest absolute Gasteiger partial charge is 0.119 e. The quantitative estimate of drug-likeness (QED) is 0.870. The van der Waals surface area contributed by atoms with Crippen molar-refractivity contribution >= 4 is 11.6 Å². The lowest BCUT2D eigenvalue weighted by Gasteiger charge is -2.16. The largest absolute Gasteiger partial charge is 0.492 e. The molecule has 94 valence electrons. The fourth-order valence-corrected chi connectivity index (χ4v) is 2.60. The van der Waals surface area contributed by atoms with E-state index in [2.05, 4.69) is 0 Å². The number of benzene rings is 1. The summed E-state index contributed by atoms with van der Waals surface area (Å²) in [6.45, 7) is 0.595. The van der Waals surface area contributed by atoms with Crippen LogP contribution in [-0.2, 0) is 0 Å². The van der Waals surface area contributed by atoms with Crippen LogP contribution in [0.15, 0.2) is 24.3 Å². The molecule has 0 spiro atoms. The van der Waals surface area contributed by atoms with E-state index < -0.39 is 0 Å². The van der Waals surface area contributed by atoms with E-state index in [0.717, 1.165) is 23.1 Å². The topological polar surface area (TPSA) is 35.2 Å². The summed E-state index contributed by atoms with van der Waals surface area (Å²) in [6.07, 6.45) is 6.52. The van der Waals surface area contributed by atoms with Crippen molar-refractivity contribution in [2.24, 2.45) is 11.7 Å². The molecule has 1 fully saturated rings. The van der Waals surface area contributed by atoms with Crippen LogP contribution in [0.5, 0.6) is 5.75 Å². The highest BCUT2D eigenvalue weighted by Gasteiger charge is 2.18. The molecule has 0 saturated heterocycles. The van der Waals surface area contributed by atoms with Gasteiger partial charge in [0.1, 0.15) is 12.4 Å². The Bertz CT molecular complexity index is 333. The number of hydrogen-bond donors (Lipinski definition) is 1. The highest BCUT2D eigenvalue weighted by Crippen LogP contribution is 2.28. The van der Waals surface area contributed by atoms with E-state index in [-0.39, 0.29) is 6.04 Å². The van der Waals surface area contributed by atoms with Crippen molar-refractivity contribution in [2.45, 2.75) is 38.1 Å². The minimum absolute atomic E-state index is 0.147. The van der Waals surface area contributed by atoms with Gasteiger partial charge in [-0.25, -0.2) is 0 Å². The van der Waals surface area contributed by atoms with Crippen LogP contribution in [0.1, 0.15) is 32.1 Å². The molecule has 0 aromatic heterocycles. The van der Waals surface area contributed by atoms with E-state index in [1.165, 1.54) is 25.7 Å². The van der Waals surface area contributed by atoms with Crippen LogP contribution in [0.25, 0.3) is 0 Å². The molecule has 1 unspecified atom stereocenters. The summed E-state index contributed by atoms with van der Waals surface area (Å²) in [6, 6.07) is 7.57. The molecule has 0 radical (unpaired) electrons. The second kappa shape index (κ2) is 6.27. The highest BCUT2D eigenvalue weighted by atomic mass is 35.5. The molecule has 2 rings (SSSR count). The standard InChI is InChI=1S/C14H20ClNO/c15-12-5-7-14(8-6-12)17-10-13(16)9-11-3-1-2-4-11/h5-8,11,13H,1-4,9-10,16H2. The molecule has 0 amide bonds. The Kier molecular flexibility index (Phi) is 4.69. The summed E-state index contributed by atoms with van der Waals surface area (Å²) in [5.41, 5.74) is 6.08. The molecule has 1 aliphatic rings.